The molecular weight excluding hydrogens is 228 g/mol. The number of nitrogens with two attached hydrogens (primary N) is 1. The third-order valence-corrected chi connectivity index (χ3v) is 2.87. The van der Waals surface area contributed by atoms with Gasteiger partial charge in [0, 0.05) is 11.8 Å². The van der Waals surface area contributed by atoms with E-state index in [2.05, 4.69) is 4.98 Å². The number of aryl methyl sites for hydroxylation is 1. The van der Waals surface area contributed by atoms with Gasteiger partial charge >= 0.3 is 0 Å². The van der Waals surface area contributed by atoms with Gasteiger partial charge in [-0.15, -0.1) is 0 Å². The monoisotopic (exact) mass is 242 g/mol. The third-order valence-electron chi connectivity index (χ3n) is 2.87. The number of nitrogen functional groups attached to an aromatic ring is 1. The second-order valence-electron chi connectivity index (χ2n) is 4.31. The van der Waals surface area contributed by atoms with Gasteiger partial charge in [-0.1, -0.05) is 0 Å². The molecule has 0 radical (unpaired) electrons. The molecule has 0 spiro atoms. The van der Waals surface area contributed by atoms with Crippen molar-refractivity contribution in [3.8, 4) is 22.8 Å². The normalized spacial score (nSPS) is 13.4. The van der Waals surface area contributed by atoms with Crippen LogP contribution in [0.25, 0.3) is 11.3 Å². The quantitative estimate of drug-likeness (QED) is 0.834. The Hall–Kier alpha value is -2.23. The number of nitrogens with zero attached hydrogens (tertiary/aromatic N) is 1. The number of pyridine rings is 1. The molecular formula is C14H14N2O2. The first-order valence-corrected chi connectivity index (χ1v) is 5.86. The van der Waals surface area contributed by atoms with E-state index in [4.69, 9.17) is 15.2 Å². The first-order valence-electron chi connectivity index (χ1n) is 5.86. The van der Waals surface area contributed by atoms with Crippen molar-refractivity contribution in [2.75, 3.05) is 18.9 Å². The van der Waals surface area contributed by atoms with E-state index in [-0.39, 0.29) is 0 Å². The van der Waals surface area contributed by atoms with Crippen molar-refractivity contribution < 1.29 is 9.47 Å². The highest BCUT2D eigenvalue weighted by molar-refractivity contribution is 5.74. The molecule has 1 aliphatic heterocycles. The molecule has 0 atom stereocenters. The topological polar surface area (TPSA) is 57.4 Å². The van der Waals surface area contributed by atoms with Gasteiger partial charge in [-0.3, -0.25) is 4.98 Å². The van der Waals surface area contributed by atoms with Crippen molar-refractivity contribution in [1.29, 1.82) is 0 Å². The molecule has 4 heteroatoms. The second-order valence-corrected chi connectivity index (χ2v) is 4.31. The van der Waals surface area contributed by atoms with Crippen molar-refractivity contribution in [3.63, 3.8) is 0 Å². The minimum absolute atomic E-state index is 0.577. The zero-order valence-electron chi connectivity index (χ0n) is 10.1. The van der Waals surface area contributed by atoms with Crippen LogP contribution in [0.3, 0.4) is 0 Å². The van der Waals surface area contributed by atoms with Crippen LogP contribution < -0.4 is 15.2 Å². The van der Waals surface area contributed by atoms with E-state index in [1.165, 1.54) is 0 Å². The van der Waals surface area contributed by atoms with E-state index in [1.54, 1.807) is 0 Å². The molecule has 1 aliphatic rings. The average Bonchev–Trinajstić information content (AvgIpc) is 2.38. The van der Waals surface area contributed by atoms with Crippen LogP contribution in [0.1, 0.15) is 5.56 Å². The molecule has 0 saturated heterocycles. The average molecular weight is 242 g/mol. The number of aromatic nitrogens is 1. The van der Waals surface area contributed by atoms with Gasteiger partial charge < -0.3 is 15.2 Å². The van der Waals surface area contributed by atoms with Crippen LogP contribution in [-0.2, 0) is 0 Å². The van der Waals surface area contributed by atoms with Gasteiger partial charge in [-0.05, 0) is 36.8 Å². The molecule has 0 unspecified atom stereocenters. The molecule has 4 nitrogen and oxygen atoms in total. The Morgan fingerprint density at radius 2 is 1.89 bits per heavy atom. The SMILES string of the molecule is Cc1cnc(-c2ccc3c(c2)OCCO3)c(N)c1. The van der Waals surface area contributed by atoms with E-state index >= 15 is 0 Å². The fourth-order valence-electron chi connectivity index (χ4n) is 2.02. The van der Waals surface area contributed by atoms with Gasteiger partial charge in [-0.25, -0.2) is 0 Å². The van der Waals surface area contributed by atoms with Gasteiger partial charge in [0.2, 0.25) is 0 Å². The van der Waals surface area contributed by atoms with Gasteiger partial charge in [0.05, 0.1) is 11.4 Å². The van der Waals surface area contributed by atoms with Crippen LogP contribution in [0.5, 0.6) is 11.5 Å². The molecule has 0 amide bonds. The molecule has 18 heavy (non-hydrogen) atoms. The molecule has 2 heterocycles. The minimum atomic E-state index is 0.577. The Balaban J connectivity index is 2.06. The fourth-order valence-corrected chi connectivity index (χ4v) is 2.02. The number of hydrogen-bond donors (Lipinski definition) is 1. The third kappa shape index (κ3) is 1.86. The van der Waals surface area contributed by atoms with Gasteiger partial charge in [0.25, 0.3) is 0 Å². The second kappa shape index (κ2) is 4.22. The summed E-state index contributed by atoms with van der Waals surface area (Å²) in [4.78, 5) is 4.38. The number of hydrogen-bond acceptors (Lipinski definition) is 4. The Labute approximate surface area is 105 Å². The Kier molecular flexibility index (Phi) is 2.55. The minimum Gasteiger partial charge on any atom is -0.486 e. The number of ether oxygens (including phenoxy) is 2. The van der Waals surface area contributed by atoms with Crippen LogP contribution in [0.2, 0.25) is 0 Å². The summed E-state index contributed by atoms with van der Waals surface area (Å²) >= 11 is 0. The van der Waals surface area contributed by atoms with Gasteiger partial charge in [0.1, 0.15) is 13.2 Å². The van der Waals surface area contributed by atoms with E-state index in [9.17, 15) is 0 Å². The van der Waals surface area contributed by atoms with Crippen molar-refractivity contribution in [3.05, 3.63) is 36.0 Å². The standard InChI is InChI=1S/C14H14N2O2/c1-9-6-11(15)14(16-8-9)10-2-3-12-13(7-10)18-5-4-17-12/h2-3,6-8H,4-5,15H2,1H3. The molecule has 1 aromatic heterocycles. The van der Waals surface area contributed by atoms with Gasteiger partial charge in [0.15, 0.2) is 11.5 Å². The lowest BCUT2D eigenvalue weighted by molar-refractivity contribution is 0.171. The number of benzene rings is 1. The zero-order valence-corrected chi connectivity index (χ0v) is 10.1. The van der Waals surface area contributed by atoms with E-state index in [0.29, 0.717) is 18.9 Å². The number of fused-ring (bicyclic) bond motifs is 1. The summed E-state index contributed by atoms with van der Waals surface area (Å²) in [6.45, 7) is 3.14. The molecule has 92 valence electrons. The maximum absolute atomic E-state index is 5.99. The molecule has 0 aliphatic carbocycles. The summed E-state index contributed by atoms with van der Waals surface area (Å²) in [5, 5.41) is 0. The highest BCUT2D eigenvalue weighted by Crippen LogP contribution is 2.35. The lowest BCUT2D eigenvalue weighted by atomic mass is 10.1. The Bertz CT molecular complexity index is 596. The first-order chi connectivity index (χ1) is 8.74. The summed E-state index contributed by atoms with van der Waals surface area (Å²) in [6.07, 6.45) is 1.81. The molecule has 1 aromatic carbocycles. The van der Waals surface area contributed by atoms with Crippen molar-refractivity contribution >= 4 is 5.69 Å². The summed E-state index contributed by atoms with van der Waals surface area (Å²) in [7, 11) is 0. The summed E-state index contributed by atoms with van der Waals surface area (Å²) in [6, 6.07) is 7.67. The molecule has 2 N–H and O–H groups in total. The van der Waals surface area contributed by atoms with Crippen LogP contribution in [0, 0.1) is 6.92 Å². The molecule has 0 fully saturated rings. The van der Waals surface area contributed by atoms with E-state index in [1.807, 2.05) is 37.4 Å². The summed E-state index contributed by atoms with van der Waals surface area (Å²) in [5.41, 5.74) is 9.43. The first kappa shape index (κ1) is 10.9. The van der Waals surface area contributed by atoms with E-state index < -0.39 is 0 Å². The van der Waals surface area contributed by atoms with Crippen LogP contribution >= 0.6 is 0 Å². The van der Waals surface area contributed by atoms with Crippen LogP contribution in [0.4, 0.5) is 5.69 Å². The molecule has 3 rings (SSSR count). The van der Waals surface area contributed by atoms with Gasteiger partial charge in [-0.2, -0.15) is 0 Å². The zero-order chi connectivity index (χ0) is 12.5. The fraction of sp³-hybridized carbons (Fsp3) is 0.214. The molecule has 2 aromatic rings. The summed E-state index contributed by atoms with van der Waals surface area (Å²) in [5.74, 6) is 1.52. The van der Waals surface area contributed by atoms with E-state index in [0.717, 1.165) is 28.3 Å². The van der Waals surface area contributed by atoms with Crippen LogP contribution in [0.15, 0.2) is 30.5 Å². The maximum Gasteiger partial charge on any atom is 0.162 e. The molecule has 0 saturated carbocycles. The lowest BCUT2D eigenvalue weighted by Crippen LogP contribution is -2.15. The predicted octanol–water partition coefficient (Wildman–Crippen LogP) is 2.41. The Morgan fingerprint density at radius 1 is 1.11 bits per heavy atom. The summed E-state index contributed by atoms with van der Waals surface area (Å²) < 4.78 is 11.0. The lowest BCUT2D eigenvalue weighted by Gasteiger charge is -2.19. The predicted molar refractivity (Wildman–Crippen MR) is 69.8 cm³/mol. The highest BCUT2D eigenvalue weighted by Gasteiger charge is 2.13. The van der Waals surface area contributed by atoms with Crippen molar-refractivity contribution in [2.24, 2.45) is 0 Å². The van der Waals surface area contributed by atoms with Crippen LogP contribution in [-0.4, -0.2) is 18.2 Å². The number of anilines is 1. The Morgan fingerprint density at radius 3 is 2.67 bits per heavy atom. The highest BCUT2D eigenvalue weighted by atomic mass is 16.6. The number of rotatable bonds is 1. The molecule has 0 bridgehead atoms. The van der Waals surface area contributed by atoms with Crippen molar-refractivity contribution in [2.45, 2.75) is 6.92 Å². The maximum atomic E-state index is 5.99. The van der Waals surface area contributed by atoms with Crippen molar-refractivity contribution in [1.82, 2.24) is 4.98 Å². The largest absolute Gasteiger partial charge is 0.486 e. The smallest absolute Gasteiger partial charge is 0.162 e.